The molecule has 1 amide bonds. The van der Waals surface area contributed by atoms with E-state index in [1.165, 1.54) is 11.8 Å². The quantitative estimate of drug-likeness (QED) is 0.825. The monoisotopic (exact) mass is 255 g/mol. The van der Waals surface area contributed by atoms with E-state index in [9.17, 15) is 14.4 Å². The summed E-state index contributed by atoms with van der Waals surface area (Å²) in [4.78, 5) is 36.1. The molecule has 0 saturated carbocycles. The SMILES string of the molecule is CC(=O)C(C)(C)CC(=O)N1CCCCC1C(=O)O. The zero-order valence-electron chi connectivity index (χ0n) is 11.2. The summed E-state index contributed by atoms with van der Waals surface area (Å²) >= 11 is 0. The summed E-state index contributed by atoms with van der Waals surface area (Å²) in [5.74, 6) is -1.24. The van der Waals surface area contributed by atoms with Gasteiger partial charge in [0.2, 0.25) is 5.91 Å². The predicted molar refractivity (Wildman–Crippen MR) is 66.1 cm³/mol. The molecule has 0 bridgehead atoms. The molecule has 1 N–H and O–H groups in total. The van der Waals surface area contributed by atoms with Crippen LogP contribution in [0.5, 0.6) is 0 Å². The van der Waals surface area contributed by atoms with Crippen LogP contribution in [0.4, 0.5) is 0 Å². The molecule has 5 nitrogen and oxygen atoms in total. The molecule has 0 aliphatic carbocycles. The van der Waals surface area contributed by atoms with Crippen LogP contribution in [0.15, 0.2) is 0 Å². The number of Topliss-reactive ketones (excluding diaryl/α,β-unsaturated/α-hetero) is 1. The maximum Gasteiger partial charge on any atom is 0.326 e. The molecule has 1 rings (SSSR count). The Balaban J connectivity index is 2.75. The van der Waals surface area contributed by atoms with Crippen molar-refractivity contribution < 1.29 is 19.5 Å². The van der Waals surface area contributed by atoms with Gasteiger partial charge in [0.25, 0.3) is 0 Å². The molecular weight excluding hydrogens is 234 g/mol. The number of carbonyl (C=O) groups is 3. The van der Waals surface area contributed by atoms with E-state index in [2.05, 4.69) is 0 Å². The van der Waals surface area contributed by atoms with E-state index in [-0.39, 0.29) is 18.1 Å². The summed E-state index contributed by atoms with van der Waals surface area (Å²) in [6.07, 6.45) is 2.24. The standard InChI is InChI=1S/C13H21NO4/c1-9(15)13(2,3)8-11(16)14-7-5-4-6-10(14)12(17)18/h10H,4-8H2,1-3H3,(H,17,18). The molecule has 1 atom stereocenters. The summed E-state index contributed by atoms with van der Waals surface area (Å²) in [5, 5.41) is 9.10. The Morgan fingerprint density at radius 3 is 2.39 bits per heavy atom. The predicted octanol–water partition coefficient (Wildman–Crippen LogP) is 1.46. The maximum absolute atomic E-state index is 12.1. The van der Waals surface area contributed by atoms with Crippen LogP contribution < -0.4 is 0 Å². The van der Waals surface area contributed by atoms with Crippen LogP contribution >= 0.6 is 0 Å². The topological polar surface area (TPSA) is 74.7 Å². The summed E-state index contributed by atoms with van der Waals surface area (Å²) in [5.41, 5.74) is -0.725. The molecule has 102 valence electrons. The van der Waals surface area contributed by atoms with Crippen LogP contribution in [0, 0.1) is 5.41 Å². The summed E-state index contributed by atoms with van der Waals surface area (Å²) in [6, 6.07) is -0.728. The Morgan fingerprint density at radius 2 is 1.89 bits per heavy atom. The number of hydrogen-bond donors (Lipinski definition) is 1. The van der Waals surface area contributed by atoms with Crippen LogP contribution in [-0.4, -0.2) is 40.3 Å². The first-order valence-corrected chi connectivity index (χ1v) is 6.29. The fraction of sp³-hybridized carbons (Fsp3) is 0.769. The van der Waals surface area contributed by atoms with E-state index >= 15 is 0 Å². The zero-order valence-corrected chi connectivity index (χ0v) is 11.2. The molecular formula is C13H21NO4. The molecule has 1 saturated heterocycles. The highest BCUT2D eigenvalue weighted by atomic mass is 16.4. The van der Waals surface area contributed by atoms with Gasteiger partial charge in [0, 0.05) is 18.4 Å². The van der Waals surface area contributed by atoms with Crippen molar-refractivity contribution in [3.05, 3.63) is 0 Å². The number of carbonyl (C=O) groups excluding carboxylic acids is 2. The first kappa shape index (κ1) is 14.7. The minimum absolute atomic E-state index is 0.0558. The third-order valence-electron chi connectivity index (χ3n) is 3.65. The fourth-order valence-electron chi connectivity index (χ4n) is 2.09. The lowest BCUT2D eigenvalue weighted by molar-refractivity contribution is -0.153. The average molecular weight is 255 g/mol. The van der Waals surface area contributed by atoms with Crippen molar-refractivity contribution in [1.29, 1.82) is 0 Å². The lowest BCUT2D eigenvalue weighted by atomic mass is 9.84. The molecule has 1 unspecified atom stereocenters. The molecule has 18 heavy (non-hydrogen) atoms. The van der Waals surface area contributed by atoms with Crippen molar-refractivity contribution in [2.45, 2.75) is 52.5 Å². The first-order chi connectivity index (χ1) is 8.25. The zero-order chi connectivity index (χ0) is 13.9. The minimum Gasteiger partial charge on any atom is -0.480 e. The highest BCUT2D eigenvalue weighted by Crippen LogP contribution is 2.25. The number of rotatable bonds is 4. The molecule has 5 heteroatoms. The van der Waals surface area contributed by atoms with Gasteiger partial charge in [-0.2, -0.15) is 0 Å². The van der Waals surface area contributed by atoms with Gasteiger partial charge in [-0.15, -0.1) is 0 Å². The van der Waals surface area contributed by atoms with E-state index in [1.54, 1.807) is 13.8 Å². The van der Waals surface area contributed by atoms with Crippen LogP contribution in [0.3, 0.4) is 0 Å². The summed E-state index contributed by atoms with van der Waals surface area (Å²) in [7, 11) is 0. The second kappa shape index (κ2) is 5.50. The minimum atomic E-state index is -0.955. The Labute approximate surface area is 107 Å². The molecule has 0 radical (unpaired) electrons. The van der Waals surface area contributed by atoms with Crippen molar-refractivity contribution in [3.63, 3.8) is 0 Å². The largest absolute Gasteiger partial charge is 0.480 e. The smallest absolute Gasteiger partial charge is 0.326 e. The molecule has 0 aromatic heterocycles. The van der Waals surface area contributed by atoms with Crippen LogP contribution in [-0.2, 0) is 14.4 Å². The molecule has 0 spiro atoms. The Hall–Kier alpha value is -1.39. The second-order valence-electron chi connectivity index (χ2n) is 5.55. The van der Waals surface area contributed by atoms with Crippen LogP contribution in [0.2, 0.25) is 0 Å². The number of aliphatic carboxylic acids is 1. The number of nitrogens with zero attached hydrogens (tertiary/aromatic N) is 1. The highest BCUT2D eigenvalue weighted by Gasteiger charge is 2.35. The van der Waals surface area contributed by atoms with Crippen molar-refractivity contribution in [2.24, 2.45) is 5.41 Å². The first-order valence-electron chi connectivity index (χ1n) is 6.29. The van der Waals surface area contributed by atoms with Crippen LogP contribution in [0.25, 0.3) is 0 Å². The maximum atomic E-state index is 12.1. The van der Waals surface area contributed by atoms with Gasteiger partial charge in [-0.05, 0) is 26.2 Å². The van der Waals surface area contributed by atoms with E-state index in [0.717, 1.165) is 12.8 Å². The number of amides is 1. The molecule has 1 fully saturated rings. The third kappa shape index (κ3) is 3.31. The third-order valence-corrected chi connectivity index (χ3v) is 3.65. The fourth-order valence-corrected chi connectivity index (χ4v) is 2.09. The lowest BCUT2D eigenvalue weighted by Gasteiger charge is -2.35. The number of likely N-dealkylation sites (tertiary alicyclic amines) is 1. The number of ketones is 1. The number of piperidine rings is 1. The Bertz CT molecular complexity index is 362. The second-order valence-corrected chi connectivity index (χ2v) is 5.55. The van der Waals surface area contributed by atoms with Gasteiger partial charge < -0.3 is 10.0 Å². The van der Waals surface area contributed by atoms with Crippen molar-refractivity contribution >= 4 is 17.7 Å². The van der Waals surface area contributed by atoms with Crippen molar-refractivity contribution in [2.75, 3.05) is 6.54 Å². The van der Waals surface area contributed by atoms with Gasteiger partial charge in [0.1, 0.15) is 11.8 Å². The highest BCUT2D eigenvalue weighted by molar-refractivity contribution is 5.90. The molecule has 1 aliphatic heterocycles. The molecule has 0 aromatic carbocycles. The Morgan fingerprint density at radius 1 is 1.28 bits per heavy atom. The van der Waals surface area contributed by atoms with Gasteiger partial charge in [0.15, 0.2) is 0 Å². The van der Waals surface area contributed by atoms with Gasteiger partial charge in [0.05, 0.1) is 0 Å². The van der Waals surface area contributed by atoms with E-state index < -0.39 is 17.4 Å². The number of carboxylic acids is 1. The number of hydrogen-bond acceptors (Lipinski definition) is 3. The van der Waals surface area contributed by atoms with Crippen molar-refractivity contribution in [1.82, 2.24) is 4.90 Å². The van der Waals surface area contributed by atoms with E-state index in [0.29, 0.717) is 13.0 Å². The lowest BCUT2D eigenvalue weighted by Crippen LogP contribution is -2.49. The molecule has 0 aromatic rings. The van der Waals surface area contributed by atoms with Gasteiger partial charge in [-0.3, -0.25) is 9.59 Å². The molecule has 1 aliphatic rings. The number of carboxylic acid groups (broad SMARTS) is 1. The van der Waals surface area contributed by atoms with Gasteiger partial charge in [-0.25, -0.2) is 4.79 Å². The summed E-state index contributed by atoms with van der Waals surface area (Å²) < 4.78 is 0. The van der Waals surface area contributed by atoms with E-state index in [4.69, 9.17) is 5.11 Å². The van der Waals surface area contributed by atoms with Gasteiger partial charge >= 0.3 is 5.97 Å². The van der Waals surface area contributed by atoms with Crippen LogP contribution in [0.1, 0.15) is 46.5 Å². The average Bonchev–Trinajstić information content (AvgIpc) is 2.28. The summed E-state index contributed by atoms with van der Waals surface area (Å²) in [6.45, 7) is 5.36. The van der Waals surface area contributed by atoms with E-state index in [1.807, 2.05) is 0 Å². The van der Waals surface area contributed by atoms with Gasteiger partial charge in [-0.1, -0.05) is 13.8 Å². The molecule has 1 heterocycles. The van der Waals surface area contributed by atoms with Crippen molar-refractivity contribution in [3.8, 4) is 0 Å². The Kier molecular flexibility index (Phi) is 4.48. The normalized spacial score (nSPS) is 20.6.